The van der Waals surface area contributed by atoms with Crippen molar-refractivity contribution in [2.45, 2.75) is 13.5 Å². The van der Waals surface area contributed by atoms with Gasteiger partial charge in [0.15, 0.2) is 0 Å². The van der Waals surface area contributed by atoms with E-state index in [0.717, 1.165) is 11.3 Å². The van der Waals surface area contributed by atoms with Gasteiger partial charge in [-0.2, -0.15) is 0 Å². The Morgan fingerprint density at radius 1 is 1.20 bits per heavy atom. The summed E-state index contributed by atoms with van der Waals surface area (Å²) < 4.78 is 4.92. The van der Waals surface area contributed by atoms with Gasteiger partial charge in [-0.3, -0.25) is 0 Å². The molecule has 104 valence electrons. The lowest BCUT2D eigenvalue weighted by Crippen LogP contribution is -2.05. The highest BCUT2D eigenvalue weighted by molar-refractivity contribution is 5.89. The third kappa shape index (κ3) is 3.75. The fourth-order valence-electron chi connectivity index (χ4n) is 1.81. The molecule has 0 aromatic heterocycles. The van der Waals surface area contributed by atoms with Crippen molar-refractivity contribution in [2.75, 3.05) is 11.9 Å². The number of carbonyl (C=O) groups is 1. The van der Waals surface area contributed by atoms with Crippen LogP contribution in [-0.2, 0) is 11.3 Å². The van der Waals surface area contributed by atoms with Crippen molar-refractivity contribution in [2.24, 2.45) is 0 Å². The summed E-state index contributed by atoms with van der Waals surface area (Å²) >= 11 is 0. The molecule has 2 N–H and O–H groups in total. The van der Waals surface area contributed by atoms with E-state index in [1.165, 1.54) is 0 Å². The molecular formula is C16H17NO3. The number of phenolic OH excluding ortho intramolecular Hbond substituents is 1. The Balaban J connectivity index is 1.95. The molecule has 0 atom stereocenters. The zero-order chi connectivity index (χ0) is 14.4. The molecule has 2 rings (SSSR count). The van der Waals surface area contributed by atoms with Crippen LogP contribution in [0, 0.1) is 0 Å². The molecule has 0 amide bonds. The van der Waals surface area contributed by atoms with Crippen molar-refractivity contribution >= 4 is 11.7 Å². The monoisotopic (exact) mass is 271 g/mol. The van der Waals surface area contributed by atoms with Crippen molar-refractivity contribution in [3.63, 3.8) is 0 Å². The van der Waals surface area contributed by atoms with Crippen LogP contribution in [0.1, 0.15) is 22.8 Å². The van der Waals surface area contributed by atoms with E-state index in [9.17, 15) is 9.90 Å². The summed E-state index contributed by atoms with van der Waals surface area (Å²) in [7, 11) is 0. The summed E-state index contributed by atoms with van der Waals surface area (Å²) in [5.74, 6) is -0.0611. The molecule has 2 aromatic rings. The van der Waals surface area contributed by atoms with E-state index in [0.29, 0.717) is 18.7 Å². The molecule has 2 aromatic carbocycles. The maximum Gasteiger partial charge on any atom is 0.338 e. The molecule has 4 nitrogen and oxygen atoms in total. The van der Waals surface area contributed by atoms with Gasteiger partial charge in [0.05, 0.1) is 12.2 Å². The Kier molecular flexibility index (Phi) is 4.60. The Hall–Kier alpha value is -2.49. The third-order valence-electron chi connectivity index (χ3n) is 2.80. The van der Waals surface area contributed by atoms with Gasteiger partial charge < -0.3 is 15.2 Å². The molecule has 0 saturated heterocycles. The topological polar surface area (TPSA) is 58.6 Å². The second-order valence-corrected chi connectivity index (χ2v) is 4.32. The molecule has 0 unspecified atom stereocenters. The van der Waals surface area contributed by atoms with Crippen molar-refractivity contribution in [1.29, 1.82) is 0 Å². The molecule has 0 aliphatic rings. The highest BCUT2D eigenvalue weighted by atomic mass is 16.5. The lowest BCUT2D eigenvalue weighted by atomic mass is 10.2. The number of esters is 1. The SMILES string of the molecule is CCOC(=O)c1ccc(NCc2cccc(O)c2)cc1. The van der Waals surface area contributed by atoms with Gasteiger partial charge in [-0.15, -0.1) is 0 Å². The third-order valence-corrected chi connectivity index (χ3v) is 2.80. The van der Waals surface area contributed by atoms with Crippen molar-refractivity contribution in [1.82, 2.24) is 0 Å². The highest BCUT2D eigenvalue weighted by Crippen LogP contribution is 2.14. The summed E-state index contributed by atoms with van der Waals surface area (Å²) in [6, 6.07) is 14.2. The molecule has 0 fully saturated rings. The number of ether oxygens (including phenoxy) is 1. The van der Waals surface area contributed by atoms with Gasteiger partial charge in [0.2, 0.25) is 0 Å². The second-order valence-electron chi connectivity index (χ2n) is 4.32. The quantitative estimate of drug-likeness (QED) is 0.820. The molecule has 0 radical (unpaired) electrons. The van der Waals surface area contributed by atoms with Crippen LogP contribution in [0.5, 0.6) is 5.75 Å². The Morgan fingerprint density at radius 2 is 1.95 bits per heavy atom. The second kappa shape index (κ2) is 6.61. The highest BCUT2D eigenvalue weighted by Gasteiger charge is 2.05. The van der Waals surface area contributed by atoms with E-state index in [1.54, 1.807) is 37.3 Å². The number of aromatic hydroxyl groups is 1. The van der Waals surface area contributed by atoms with Crippen molar-refractivity contribution in [3.05, 3.63) is 59.7 Å². The van der Waals surface area contributed by atoms with Gasteiger partial charge in [-0.1, -0.05) is 12.1 Å². The number of anilines is 1. The maximum atomic E-state index is 11.5. The van der Waals surface area contributed by atoms with Crippen molar-refractivity contribution < 1.29 is 14.6 Å². The normalized spacial score (nSPS) is 10.1. The minimum Gasteiger partial charge on any atom is -0.508 e. The van der Waals surface area contributed by atoms with Crippen LogP contribution < -0.4 is 5.32 Å². The summed E-state index contributed by atoms with van der Waals surface area (Å²) in [5, 5.41) is 12.6. The average Bonchev–Trinajstić information content (AvgIpc) is 2.46. The van der Waals surface area contributed by atoms with E-state index in [2.05, 4.69) is 5.32 Å². The van der Waals surface area contributed by atoms with Crippen LogP contribution in [-0.4, -0.2) is 17.7 Å². The van der Waals surface area contributed by atoms with Crippen LogP contribution >= 0.6 is 0 Å². The van der Waals surface area contributed by atoms with Gasteiger partial charge in [0, 0.05) is 12.2 Å². The Bertz CT molecular complexity index is 579. The number of benzene rings is 2. The average molecular weight is 271 g/mol. The lowest BCUT2D eigenvalue weighted by molar-refractivity contribution is 0.0526. The first-order valence-corrected chi connectivity index (χ1v) is 6.48. The summed E-state index contributed by atoms with van der Waals surface area (Å²) in [6.07, 6.45) is 0. The molecular weight excluding hydrogens is 254 g/mol. The van der Waals surface area contributed by atoms with Crippen LogP contribution in [0.3, 0.4) is 0 Å². The van der Waals surface area contributed by atoms with Gasteiger partial charge in [0.25, 0.3) is 0 Å². The maximum absolute atomic E-state index is 11.5. The van der Waals surface area contributed by atoms with Gasteiger partial charge in [0.1, 0.15) is 5.75 Å². The van der Waals surface area contributed by atoms with E-state index >= 15 is 0 Å². The molecule has 0 spiro atoms. The first-order valence-electron chi connectivity index (χ1n) is 6.48. The number of rotatable bonds is 5. The number of phenols is 1. The van der Waals surface area contributed by atoms with Gasteiger partial charge in [-0.05, 0) is 48.9 Å². The summed E-state index contributed by atoms with van der Waals surface area (Å²) in [4.78, 5) is 11.5. The Morgan fingerprint density at radius 3 is 2.60 bits per heavy atom. The first-order chi connectivity index (χ1) is 9.69. The van der Waals surface area contributed by atoms with E-state index < -0.39 is 0 Å². The first kappa shape index (κ1) is 13.9. The molecule has 0 heterocycles. The largest absolute Gasteiger partial charge is 0.508 e. The fourth-order valence-corrected chi connectivity index (χ4v) is 1.81. The number of nitrogens with one attached hydrogen (secondary N) is 1. The standard InChI is InChI=1S/C16H17NO3/c1-2-20-16(19)13-6-8-14(9-7-13)17-11-12-4-3-5-15(18)10-12/h3-10,17-18H,2,11H2,1H3. The van der Waals surface area contributed by atoms with Gasteiger partial charge in [-0.25, -0.2) is 4.79 Å². The van der Waals surface area contributed by atoms with E-state index in [4.69, 9.17) is 4.74 Å². The predicted octanol–water partition coefficient (Wildman–Crippen LogP) is 3.18. The minimum atomic E-state index is -0.313. The molecule has 20 heavy (non-hydrogen) atoms. The zero-order valence-corrected chi connectivity index (χ0v) is 11.3. The number of hydrogen-bond acceptors (Lipinski definition) is 4. The summed E-state index contributed by atoms with van der Waals surface area (Å²) in [6.45, 7) is 2.76. The summed E-state index contributed by atoms with van der Waals surface area (Å²) in [5.41, 5.74) is 2.43. The van der Waals surface area contributed by atoms with E-state index in [-0.39, 0.29) is 11.7 Å². The number of hydrogen-bond donors (Lipinski definition) is 2. The van der Waals surface area contributed by atoms with Gasteiger partial charge >= 0.3 is 5.97 Å². The van der Waals surface area contributed by atoms with Crippen LogP contribution in [0.25, 0.3) is 0 Å². The van der Waals surface area contributed by atoms with Crippen LogP contribution in [0.15, 0.2) is 48.5 Å². The fraction of sp³-hybridized carbons (Fsp3) is 0.188. The Labute approximate surface area is 118 Å². The molecule has 0 aliphatic heterocycles. The zero-order valence-electron chi connectivity index (χ0n) is 11.3. The lowest BCUT2D eigenvalue weighted by Gasteiger charge is -2.08. The molecule has 0 saturated carbocycles. The smallest absolute Gasteiger partial charge is 0.338 e. The molecule has 0 aliphatic carbocycles. The minimum absolute atomic E-state index is 0.252. The number of carbonyl (C=O) groups excluding carboxylic acids is 1. The molecule has 4 heteroatoms. The van der Waals surface area contributed by atoms with Crippen LogP contribution in [0.2, 0.25) is 0 Å². The van der Waals surface area contributed by atoms with E-state index in [1.807, 2.05) is 18.2 Å². The molecule has 0 bridgehead atoms. The predicted molar refractivity (Wildman–Crippen MR) is 77.8 cm³/mol. The van der Waals surface area contributed by atoms with Crippen molar-refractivity contribution in [3.8, 4) is 5.75 Å². The van der Waals surface area contributed by atoms with Crippen LogP contribution in [0.4, 0.5) is 5.69 Å².